The number of likely N-dealkylation sites (N-methyl/N-ethyl adjacent to an activating group) is 1. The molecule has 1 saturated heterocycles. The topological polar surface area (TPSA) is 68.4 Å². The van der Waals surface area contributed by atoms with Crippen molar-refractivity contribution in [3.05, 3.63) is 76.9 Å². The van der Waals surface area contributed by atoms with Crippen LogP contribution in [0.1, 0.15) is 47.6 Å². The molecule has 0 aliphatic carbocycles. The van der Waals surface area contributed by atoms with Crippen LogP contribution in [0.5, 0.6) is 0 Å². The summed E-state index contributed by atoms with van der Waals surface area (Å²) in [6.45, 7) is 9.55. The van der Waals surface area contributed by atoms with Crippen LogP contribution in [-0.4, -0.2) is 58.8 Å². The van der Waals surface area contributed by atoms with Crippen molar-refractivity contribution in [3.8, 4) is 11.1 Å². The maximum absolute atomic E-state index is 14.0. The van der Waals surface area contributed by atoms with Gasteiger partial charge in [-0.3, -0.25) is 14.5 Å². The highest BCUT2D eigenvalue weighted by Gasteiger charge is 2.32. The predicted molar refractivity (Wildman–Crippen MR) is 141 cm³/mol. The molecule has 0 bridgehead atoms. The molecule has 2 aliphatic heterocycles. The molecular formula is C29H31FN4O2. The molecule has 186 valence electrons. The number of nitrogens with zero attached hydrogens (tertiary/aromatic N) is 2. The molecule has 1 fully saturated rings. The van der Waals surface area contributed by atoms with Gasteiger partial charge in [0.05, 0.1) is 16.8 Å². The SMILES string of the molecule is CCN(CC)C1CCN(C(=O)c2cc(C)[nH]c2/C=C2\C(=O)Nc3cccc(-c4cccc(F)c4)c32)C1. The highest BCUT2D eigenvalue weighted by Crippen LogP contribution is 2.40. The summed E-state index contributed by atoms with van der Waals surface area (Å²) in [5, 5.41) is 2.92. The Morgan fingerprint density at radius 1 is 1.17 bits per heavy atom. The largest absolute Gasteiger partial charge is 0.358 e. The molecular weight excluding hydrogens is 455 g/mol. The van der Waals surface area contributed by atoms with Gasteiger partial charge in [0.25, 0.3) is 11.8 Å². The number of hydrogen-bond acceptors (Lipinski definition) is 3. The molecule has 0 spiro atoms. The number of hydrogen-bond donors (Lipinski definition) is 2. The Labute approximate surface area is 210 Å². The maximum atomic E-state index is 14.0. The Balaban J connectivity index is 1.51. The Bertz CT molecular complexity index is 1360. The van der Waals surface area contributed by atoms with Crippen molar-refractivity contribution < 1.29 is 14.0 Å². The van der Waals surface area contributed by atoms with Crippen LogP contribution in [-0.2, 0) is 4.79 Å². The molecule has 3 heterocycles. The molecule has 0 radical (unpaired) electrons. The minimum atomic E-state index is -0.339. The van der Waals surface area contributed by atoms with Gasteiger partial charge in [-0.1, -0.05) is 38.1 Å². The fraction of sp³-hybridized carbons (Fsp3) is 0.310. The minimum absolute atomic E-state index is 0.0297. The zero-order chi connectivity index (χ0) is 25.4. The van der Waals surface area contributed by atoms with Crippen LogP contribution in [0.2, 0.25) is 0 Å². The normalized spacial score (nSPS) is 18.2. The first-order valence-corrected chi connectivity index (χ1v) is 12.5. The van der Waals surface area contributed by atoms with Gasteiger partial charge in [0.15, 0.2) is 0 Å². The van der Waals surface area contributed by atoms with Crippen molar-refractivity contribution in [1.29, 1.82) is 0 Å². The van der Waals surface area contributed by atoms with Crippen LogP contribution in [0, 0.1) is 12.7 Å². The number of fused-ring (bicyclic) bond motifs is 1. The Morgan fingerprint density at radius 2 is 1.94 bits per heavy atom. The number of aryl methyl sites for hydroxylation is 1. The minimum Gasteiger partial charge on any atom is -0.358 e. The second-order valence-corrected chi connectivity index (χ2v) is 9.45. The van der Waals surface area contributed by atoms with Gasteiger partial charge in [-0.05, 0) is 67.9 Å². The van der Waals surface area contributed by atoms with Gasteiger partial charge in [-0.15, -0.1) is 0 Å². The van der Waals surface area contributed by atoms with E-state index >= 15 is 0 Å². The van der Waals surface area contributed by atoms with E-state index in [1.165, 1.54) is 12.1 Å². The fourth-order valence-electron chi connectivity index (χ4n) is 5.46. The Kier molecular flexibility index (Phi) is 6.49. The molecule has 2 N–H and O–H groups in total. The van der Waals surface area contributed by atoms with Gasteiger partial charge in [0.2, 0.25) is 0 Å². The van der Waals surface area contributed by atoms with E-state index in [0.29, 0.717) is 52.8 Å². The molecule has 7 heteroatoms. The molecule has 3 aromatic rings. The number of benzene rings is 2. The standard InChI is InChI=1S/C29H31FN4O2/c1-4-33(5-2)21-12-13-34(17-21)29(36)23-14-18(3)31-26(23)16-24-27-22(19-8-6-9-20(30)15-19)10-7-11-25(27)32-28(24)35/h6-11,14-16,21,31H,4-5,12-13,17H2,1-3H3,(H,32,35)/b24-16-. The van der Waals surface area contributed by atoms with Crippen molar-refractivity contribution >= 4 is 29.2 Å². The van der Waals surface area contributed by atoms with Crippen LogP contribution >= 0.6 is 0 Å². The number of carbonyl (C=O) groups excluding carboxylic acids is 2. The van der Waals surface area contributed by atoms with Crippen molar-refractivity contribution in [2.45, 2.75) is 33.2 Å². The van der Waals surface area contributed by atoms with E-state index in [0.717, 1.165) is 30.8 Å². The molecule has 36 heavy (non-hydrogen) atoms. The first-order valence-electron chi connectivity index (χ1n) is 12.5. The van der Waals surface area contributed by atoms with Crippen LogP contribution in [0.15, 0.2) is 48.5 Å². The molecule has 1 unspecified atom stereocenters. The molecule has 0 saturated carbocycles. The second-order valence-electron chi connectivity index (χ2n) is 9.45. The lowest BCUT2D eigenvalue weighted by molar-refractivity contribution is -0.110. The average molecular weight is 487 g/mol. The zero-order valence-electron chi connectivity index (χ0n) is 20.9. The van der Waals surface area contributed by atoms with E-state index in [1.807, 2.05) is 42.2 Å². The molecule has 1 aromatic heterocycles. The van der Waals surface area contributed by atoms with Gasteiger partial charge < -0.3 is 15.2 Å². The number of anilines is 1. The highest BCUT2D eigenvalue weighted by atomic mass is 19.1. The summed E-state index contributed by atoms with van der Waals surface area (Å²) in [5.41, 5.74) is 5.29. The second kappa shape index (κ2) is 9.74. The van der Waals surface area contributed by atoms with Gasteiger partial charge in [-0.25, -0.2) is 4.39 Å². The fourth-order valence-corrected chi connectivity index (χ4v) is 5.46. The predicted octanol–water partition coefficient (Wildman–Crippen LogP) is 5.18. The lowest BCUT2D eigenvalue weighted by Crippen LogP contribution is -2.38. The van der Waals surface area contributed by atoms with Gasteiger partial charge >= 0.3 is 0 Å². The van der Waals surface area contributed by atoms with E-state index < -0.39 is 0 Å². The third kappa shape index (κ3) is 4.35. The number of aromatic nitrogens is 1. The number of halogens is 1. The summed E-state index contributed by atoms with van der Waals surface area (Å²) >= 11 is 0. The first kappa shape index (κ1) is 24.0. The Hall–Kier alpha value is -3.71. The third-order valence-corrected chi connectivity index (χ3v) is 7.24. The zero-order valence-corrected chi connectivity index (χ0v) is 20.9. The van der Waals surface area contributed by atoms with E-state index in [4.69, 9.17) is 0 Å². The van der Waals surface area contributed by atoms with Gasteiger partial charge in [0, 0.05) is 36.1 Å². The number of rotatable bonds is 6. The first-order chi connectivity index (χ1) is 17.4. The lowest BCUT2D eigenvalue weighted by Gasteiger charge is -2.26. The maximum Gasteiger partial charge on any atom is 0.256 e. The summed E-state index contributed by atoms with van der Waals surface area (Å²) in [6, 6.07) is 14.1. The van der Waals surface area contributed by atoms with E-state index in [2.05, 4.69) is 29.0 Å². The number of carbonyl (C=O) groups is 2. The monoisotopic (exact) mass is 486 g/mol. The van der Waals surface area contributed by atoms with Crippen molar-refractivity contribution in [3.63, 3.8) is 0 Å². The number of H-pyrrole nitrogens is 1. The summed E-state index contributed by atoms with van der Waals surface area (Å²) < 4.78 is 14.0. The van der Waals surface area contributed by atoms with Crippen molar-refractivity contribution in [2.24, 2.45) is 0 Å². The molecule has 2 amide bonds. The van der Waals surface area contributed by atoms with Crippen LogP contribution in [0.4, 0.5) is 10.1 Å². The van der Waals surface area contributed by atoms with Crippen molar-refractivity contribution in [1.82, 2.24) is 14.8 Å². The summed E-state index contributed by atoms with van der Waals surface area (Å²) in [6.07, 6.45) is 2.71. The molecule has 5 rings (SSSR count). The number of amides is 2. The van der Waals surface area contributed by atoms with Gasteiger partial charge in [-0.2, -0.15) is 0 Å². The average Bonchev–Trinajstić information content (AvgIpc) is 3.57. The number of likely N-dealkylation sites (tertiary alicyclic amines) is 1. The summed E-state index contributed by atoms with van der Waals surface area (Å²) in [4.78, 5) is 34.2. The molecule has 2 aromatic carbocycles. The smallest absolute Gasteiger partial charge is 0.256 e. The summed E-state index contributed by atoms with van der Waals surface area (Å²) in [7, 11) is 0. The molecule has 1 atom stereocenters. The van der Waals surface area contributed by atoms with Crippen LogP contribution in [0.3, 0.4) is 0 Å². The van der Waals surface area contributed by atoms with Crippen molar-refractivity contribution in [2.75, 3.05) is 31.5 Å². The Morgan fingerprint density at radius 3 is 2.69 bits per heavy atom. The molecule has 2 aliphatic rings. The van der Waals surface area contributed by atoms with Crippen LogP contribution < -0.4 is 5.32 Å². The third-order valence-electron chi connectivity index (χ3n) is 7.24. The van der Waals surface area contributed by atoms with Gasteiger partial charge in [0.1, 0.15) is 5.82 Å². The van der Waals surface area contributed by atoms with E-state index in [1.54, 1.807) is 12.1 Å². The number of nitrogens with one attached hydrogen (secondary N) is 2. The van der Waals surface area contributed by atoms with E-state index in [-0.39, 0.29) is 17.6 Å². The number of aromatic amines is 1. The van der Waals surface area contributed by atoms with E-state index in [9.17, 15) is 14.0 Å². The van der Waals surface area contributed by atoms with Crippen LogP contribution in [0.25, 0.3) is 22.8 Å². The lowest BCUT2D eigenvalue weighted by atomic mass is 9.94. The quantitative estimate of drug-likeness (QED) is 0.472. The molecule has 6 nitrogen and oxygen atoms in total. The highest BCUT2D eigenvalue weighted by molar-refractivity contribution is 6.36. The summed E-state index contributed by atoms with van der Waals surface area (Å²) in [5.74, 6) is -0.616.